The average Bonchev–Trinajstić information content (AvgIpc) is 3.72. The number of benzene rings is 2. The van der Waals surface area contributed by atoms with E-state index in [9.17, 15) is 32.3 Å². The molecule has 2 aliphatic heterocycles. The van der Waals surface area contributed by atoms with E-state index in [-0.39, 0.29) is 30.7 Å². The number of nitrogens with one attached hydrogen (secondary N) is 2. The van der Waals surface area contributed by atoms with Crippen LogP contribution < -0.4 is 10.6 Å². The Morgan fingerprint density at radius 1 is 1.12 bits per heavy atom. The largest absolute Gasteiger partial charge is 0.372 e. The van der Waals surface area contributed by atoms with E-state index in [1.54, 1.807) is 24.3 Å². The van der Waals surface area contributed by atoms with Crippen molar-refractivity contribution in [1.82, 2.24) is 15.5 Å². The van der Waals surface area contributed by atoms with Crippen molar-refractivity contribution in [2.75, 3.05) is 19.3 Å². The first-order chi connectivity index (χ1) is 20.0. The van der Waals surface area contributed by atoms with Gasteiger partial charge in [-0.2, -0.15) is 4.39 Å². The Balaban J connectivity index is 1.34. The molecule has 3 amide bonds. The number of hydrogen-bond donors (Lipinski definition) is 3. The van der Waals surface area contributed by atoms with Crippen molar-refractivity contribution in [2.45, 2.75) is 49.8 Å². The summed E-state index contributed by atoms with van der Waals surface area (Å²) in [6.07, 6.45) is 4.50. The van der Waals surface area contributed by atoms with Gasteiger partial charge in [-0.05, 0) is 54.7 Å². The van der Waals surface area contributed by atoms with Crippen LogP contribution in [-0.4, -0.2) is 67.6 Å². The van der Waals surface area contributed by atoms with Gasteiger partial charge in [-0.1, -0.05) is 55.0 Å². The molecule has 0 radical (unpaired) electrons. The molecule has 1 saturated carbocycles. The summed E-state index contributed by atoms with van der Waals surface area (Å²) in [5.74, 6) is -2.02. The van der Waals surface area contributed by atoms with Gasteiger partial charge in [0.2, 0.25) is 26.8 Å². The zero-order valence-corrected chi connectivity index (χ0v) is 24.1. The van der Waals surface area contributed by atoms with Crippen LogP contribution in [0.2, 0.25) is 0 Å². The minimum atomic E-state index is -4.17. The maximum absolute atomic E-state index is 14.6. The summed E-state index contributed by atoms with van der Waals surface area (Å²) in [5.41, 5.74) is 0.418. The van der Waals surface area contributed by atoms with Crippen LogP contribution in [0.15, 0.2) is 59.8 Å². The van der Waals surface area contributed by atoms with Crippen LogP contribution in [0.25, 0.3) is 11.1 Å². The molecule has 11 heteroatoms. The van der Waals surface area contributed by atoms with E-state index in [1.807, 2.05) is 24.3 Å². The first kappa shape index (κ1) is 28.5. The maximum atomic E-state index is 14.6. The number of rotatable bonds is 7. The summed E-state index contributed by atoms with van der Waals surface area (Å²) in [4.78, 5) is 42.2. The van der Waals surface area contributed by atoms with Gasteiger partial charge >= 0.3 is 0 Å². The zero-order valence-electron chi connectivity index (χ0n) is 23.3. The van der Waals surface area contributed by atoms with Crippen molar-refractivity contribution in [2.24, 2.45) is 17.8 Å². The van der Waals surface area contributed by atoms with E-state index in [2.05, 4.69) is 10.6 Å². The van der Waals surface area contributed by atoms with Crippen molar-refractivity contribution in [3.8, 4) is 11.1 Å². The van der Waals surface area contributed by atoms with E-state index in [0.717, 1.165) is 36.3 Å². The van der Waals surface area contributed by atoms with Crippen molar-refractivity contribution >= 4 is 27.6 Å². The number of fused-ring (bicyclic) bond motifs is 4. The summed E-state index contributed by atoms with van der Waals surface area (Å²) in [6.45, 7) is 0.732. The average molecular weight is 596 g/mol. The molecule has 6 rings (SSSR count). The number of amides is 3. The molecule has 2 heterocycles. The highest BCUT2D eigenvalue weighted by molar-refractivity contribution is 7.94. The minimum absolute atomic E-state index is 0.0139. The molecule has 2 aromatic carbocycles. The number of halogens is 1. The SMILES string of the molecule is CS(=O)(=O)/C(F)=C\[C@@H](C[C@H]1CCNC1=O)NC(=O)[C@@H]1[C@H]2CCC[C@H]2CN1C(=O)C1(O)c2ccccc2-c2ccccc21. The Labute approximate surface area is 244 Å². The number of carbonyl (C=O) groups is 3. The second-order valence-corrected chi connectivity index (χ2v) is 13.9. The van der Waals surface area contributed by atoms with Crippen LogP contribution in [0.5, 0.6) is 0 Å². The summed E-state index contributed by atoms with van der Waals surface area (Å²) in [7, 11) is -4.17. The Kier molecular flexibility index (Phi) is 7.21. The zero-order chi connectivity index (χ0) is 29.8. The highest BCUT2D eigenvalue weighted by Crippen LogP contribution is 2.50. The molecule has 2 saturated heterocycles. The molecule has 9 nitrogen and oxygen atoms in total. The number of likely N-dealkylation sites (tertiary alicyclic amines) is 1. The molecular weight excluding hydrogens is 561 g/mol. The van der Waals surface area contributed by atoms with Gasteiger partial charge < -0.3 is 20.6 Å². The highest BCUT2D eigenvalue weighted by Gasteiger charge is 2.56. The lowest BCUT2D eigenvalue weighted by Gasteiger charge is -2.34. The summed E-state index contributed by atoms with van der Waals surface area (Å²) in [5, 5.41) is 16.3. The lowest BCUT2D eigenvalue weighted by atomic mass is 9.88. The van der Waals surface area contributed by atoms with Crippen LogP contribution >= 0.6 is 0 Å². The molecule has 0 unspecified atom stereocenters. The minimum Gasteiger partial charge on any atom is -0.372 e. The van der Waals surface area contributed by atoms with Gasteiger partial charge in [-0.3, -0.25) is 14.4 Å². The lowest BCUT2D eigenvalue weighted by molar-refractivity contribution is -0.152. The summed E-state index contributed by atoms with van der Waals surface area (Å²) >= 11 is 0. The lowest BCUT2D eigenvalue weighted by Crippen LogP contribution is -2.55. The number of hydrogen-bond acceptors (Lipinski definition) is 6. The van der Waals surface area contributed by atoms with Crippen LogP contribution in [0.1, 0.15) is 43.2 Å². The second kappa shape index (κ2) is 10.6. The molecule has 2 aromatic rings. The molecule has 2 aliphatic carbocycles. The van der Waals surface area contributed by atoms with E-state index < -0.39 is 50.4 Å². The third-order valence-corrected chi connectivity index (χ3v) is 10.2. The standard InChI is InChI=1S/C31H34FN3O6S/c1-42(40,41)26(32)16-20(15-18-13-14-33-28(18)36)34-29(37)27-21-10-6-7-19(21)17-35(27)30(38)31(39)24-11-4-2-8-22(24)23-9-3-5-12-25(23)31/h2-5,8-9,11-12,16,18-21,27,39H,6-7,10,13-15,17H2,1H3,(H,33,36)(H,34,37)/b26-16-/t18-,19+,20-,21+,27+/m1/s1. The molecule has 222 valence electrons. The van der Waals surface area contributed by atoms with Crippen LogP contribution in [0.4, 0.5) is 4.39 Å². The van der Waals surface area contributed by atoms with Gasteiger partial charge in [0.25, 0.3) is 5.91 Å². The molecule has 4 aliphatic rings. The van der Waals surface area contributed by atoms with Crippen LogP contribution in [0.3, 0.4) is 0 Å². The van der Waals surface area contributed by atoms with Gasteiger partial charge in [-0.25, -0.2) is 8.42 Å². The quantitative estimate of drug-likeness (QED) is 0.451. The van der Waals surface area contributed by atoms with Crippen molar-refractivity contribution < 1.29 is 32.3 Å². The molecule has 3 fully saturated rings. The van der Waals surface area contributed by atoms with E-state index >= 15 is 0 Å². The maximum Gasteiger partial charge on any atom is 0.264 e. The monoisotopic (exact) mass is 595 g/mol. The van der Waals surface area contributed by atoms with Crippen LogP contribution in [0, 0.1) is 17.8 Å². The van der Waals surface area contributed by atoms with Crippen molar-refractivity contribution in [3.05, 3.63) is 70.9 Å². The fraction of sp³-hybridized carbons (Fsp3) is 0.452. The molecule has 0 aromatic heterocycles. The number of aliphatic hydroxyl groups is 1. The van der Waals surface area contributed by atoms with Crippen molar-refractivity contribution in [3.63, 3.8) is 0 Å². The topological polar surface area (TPSA) is 133 Å². The van der Waals surface area contributed by atoms with Gasteiger partial charge in [0, 0.05) is 36.4 Å². The van der Waals surface area contributed by atoms with E-state index in [0.29, 0.717) is 30.5 Å². The fourth-order valence-electron chi connectivity index (χ4n) is 7.40. The molecule has 3 N–H and O–H groups in total. The first-order valence-electron chi connectivity index (χ1n) is 14.4. The fourth-order valence-corrected chi connectivity index (χ4v) is 7.81. The van der Waals surface area contributed by atoms with Gasteiger partial charge in [0.1, 0.15) is 6.04 Å². The van der Waals surface area contributed by atoms with Gasteiger partial charge in [0.05, 0.1) is 6.04 Å². The Morgan fingerprint density at radius 3 is 2.36 bits per heavy atom. The van der Waals surface area contributed by atoms with Gasteiger partial charge in [-0.15, -0.1) is 0 Å². The molecule has 0 spiro atoms. The molecular formula is C31H34FN3O6S. The Morgan fingerprint density at radius 2 is 1.76 bits per heavy atom. The Hall–Kier alpha value is -3.57. The Bertz CT molecular complexity index is 1540. The predicted molar refractivity (Wildman–Crippen MR) is 153 cm³/mol. The second-order valence-electron chi connectivity index (χ2n) is 11.9. The number of sulfone groups is 1. The first-order valence-corrected chi connectivity index (χ1v) is 16.3. The number of carbonyl (C=O) groups excluding carboxylic acids is 3. The van der Waals surface area contributed by atoms with E-state index in [4.69, 9.17) is 0 Å². The predicted octanol–water partition coefficient (Wildman–Crippen LogP) is 2.40. The van der Waals surface area contributed by atoms with E-state index in [1.165, 1.54) is 4.90 Å². The summed E-state index contributed by atoms with van der Waals surface area (Å²) in [6, 6.07) is 12.3. The van der Waals surface area contributed by atoms with Crippen molar-refractivity contribution in [1.29, 1.82) is 0 Å². The third kappa shape index (κ3) is 4.72. The number of nitrogens with zero attached hydrogens (tertiary/aromatic N) is 1. The molecule has 5 atom stereocenters. The smallest absolute Gasteiger partial charge is 0.264 e. The summed E-state index contributed by atoms with van der Waals surface area (Å²) < 4.78 is 38.4. The molecule has 42 heavy (non-hydrogen) atoms. The normalized spacial score (nSPS) is 26.8. The molecule has 0 bridgehead atoms. The van der Waals surface area contributed by atoms with Gasteiger partial charge in [0.15, 0.2) is 5.60 Å². The highest BCUT2D eigenvalue weighted by atomic mass is 32.2. The third-order valence-electron chi connectivity index (χ3n) is 9.37. The van der Waals surface area contributed by atoms with Crippen LogP contribution in [-0.2, 0) is 29.8 Å².